The van der Waals surface area contributed by atoms with Gasteiger partial charge in [0.25, 0.3) is 5.91 Å². The predicted octanol–water partition coefficient (Wildman–Crippen LogP) is 2.71. The lowest BCUT2D eigenvalue weighted by molar-refractivity contribution is -0.127. The van der Waals surface area contributed by atoms with Gasteiger partial charge < -0.3 is 15.0 Å². The zero-order chi connectivity index (χ0) is 15.1. The van der Waals surface area contributed by atoms with E-state index in [0.29, 0.717) is 17.3 Å². The molecule has 5 heteroatoms. The molecule has 0 aliphatic carbocycles. The maximum Gasteiger partial charge on any atom is 0.260 e. The average Bonchev–Trinajstić information content (AvgIpc) is 2.50. The molecule has 1 amide bonds. The van der Waals surface area contributed by atoms with Gasteiger partial charge in [0.05, 0.1) is 5.02 Å². The fourth-order valence-corrected chi connectivity index (χ4v) is 2.63. The summed E-state index contributed by atoms with van der Waals surface area (Å²) in [6.45, 7) is 5.59. The first-order valence-electron chi connectivity index (χ1n) is 7.58. The summed E-state index contributed by atoms with van der Waals surface area (Å²) in [4.78, 5) is 14.4. The molecule has 0 spiro atoms. The Morgan fingerprint density at radius 2 is 2.05 bits per heavy atom. The Kier molecular flexibility index (Phi) is 6.33. The molecule has 21 heavy (non-hydrogen) atoms. The van der Waals surface area contributed by atoms with Crippen LogP contribution in [0.2, 0.25) is 5.02 Å². The number of benzene rings is 1. The van der Waals surface area contributed by atoms with Crippen LogP contribution >= 0.6 is 11.6 Å². The Bertz CT molecular complexity index is 461. The Morgan fingerprint density at radius 1 is 1.33 bits per heavy atom. The smallest absolute Gasteiger partial charge is 0.260 e. The minimum atomic E-state index is -0.550. The van der Waals surface area contributed by atoms with Crippen molar-refractivity contribution in [2.75, 3.05) is 26.2 Å². The SMILES string of the molecule is CC(Oc1ccccc1Cl)C(=O)NCCN1CCCCC1. The van der Waals surface area contributed by atoms with Gasteiger partial charge in [0.1, 0.15) is 5.75 Å². The van der Waals surface area contributed by atoms with Crippen molar-refractivity contribution >= 4 is 17.5 Å². The van der Waals surface area contributed by atoms with Crippen LogP contribution in [0.5, 0.6) is 5.75 Å². The molecule has 1 fully saturated rings. The van der Waals surface area contributed by atoms with Crippen LogP contribution in [0, 0.1) is 0 Å². The number of amides is 1. The molecular formula is C16H23ClN2O2. The van der Waals surface area contributed by atoms with Crippen LogP contribution in [0.15, 0.2) is 24.3 Å². The van der Waals surface area contributed by atoms with Crippen LogP contribution in [0.1, 0.15) is 26.2 Å². The lowest BCUT2D eigenvalue weighted by Crippen LogP contribution is -2.42. The van der Waals surface area contributed by atoms with E-state index in [1.807, 2.05) is 12.1 Å². The highest BCUT2D eigenvalue weighted by molar-refractivity contribution is 6.32. The highest BCUT2D eigenvalue weighted by Gasteiger charge is 2.16. The van der Waals surface area contributed by atoms with Gasteiger partial charge >= 0.3 is 0 Å². The van der Waals surface area contributed by atoms with Gasteiger partial charge in [0.2, 0.25) is 0 Å². The number of nitrogens with zero attached hydrogens (tertiary/aromatic N) is 1. The first-order valence-corrected chi connectivity index (χ1v) is 7.96. The van der Waals surface area contributed by atoms with Crippen molar-refractivity contribution in [3.8, 4) is 5.75 Å². The van der Waals surface area contributed by atoms with Crippen molar-refractivity contribution in [2.24, 2.45) is 0 Å². The molecule has 1 saturated heterocycles. The van der Waals surface area contributed by atoms with Gasteiger partial charge in [-0.3, -0.25) is 4.79 Å². The number of nitrogens with one attached hydrogen (secondary N) is 1. The van der Waals surface area contributed by atoms with Crippen molar-refractivity contribution < 1.29 is 9.53 Å². The predicted molar refractivity (Wildman–Crippen MR) is 84.8 cm³/mol. The summed E-state index contributed by atoms with van der Waals surface area (Å²) in [6, 6.07) is 7.18. The van der Waals surface area contributed by atoms with Gasteiger partial charge in [-0.2, -0.15) is 0 Å². The van der Waals surface area contributed by atoms with E-state index >= 15 is 0 Å². The van der Waals surface area contributed by atoms with E-state index in [-0.39, 0.29) is 5.91 Å². The molecule has 1 heterocycles. The molecule has 116 valence electrons. The average molecular weight is 311 g/mol. The van der Waals surface area contributed by atoms with E-state index in [9.17, 15) is 4.79 Å². The van der Waals surface area contributed by atoms with Gasteiger partial charge in [-0.25, -0.2) is 0 Å². The molecule has 1 unspecified atom stereocenters. The monoisotopic (exact) mass is 310 g/mol. The maximum atomic E-state index is 12.0. The van der Waals surface area contributed by atoms with Crippen molar-refractivity contribution in [1.82, 2.24) is 10.2 Å². The molecule has 0 aromatic heterocycles. The number of piperidine rings is 1. The number of rotatable bonds is 6. The molecule has 1 aromatic carbocycles. The largest absolute Gasteiger partial charge is 0.479 e. The Balaban J connectivity index is 1.71. The Labute approximate surface area is 131 Å². The van der Waals surface area contributed by atoms with E-state index in [4.69, 9.17) is 16.3 Å². The molecule has 1 aliphatic rings. The van der Waals surface area contributed by atoms with Gasteiger partial charge in [-0.15, -0.1) is 0 Å². The summed E-state index contributed by atoms with van der Waals surface area (Å²) >= 11 is 6.02. The van der Waals surface area contributed by atoms with E-state index in [1.54, 1.807) is 19.1 Å². The Hall–Kier alpha value is -1.26. The standard InChI is InChI=1S/C16H23ClN2O2/c1-13(21-15-8-4-3-7-14(15)17)16(20)18-9-12-19-10-5-2-6-11-19/h3-4,7-8,13H,2,5-6,9-12H2,1H3,(H,18,20). The molecule has 0 bridgehead atoms. The minimum absolute atomic E-state index is 0.105. The third kappa shape index (κ3) is 5.21. The molecule has 0 radical (unpaired) electrons. The van der Waals surface area contributed by atoms with Crippen molar-refractivity contribution in [1.29, 1.82) is 0 Å². The van der Waals surface area contributed by atoms with Crippen molar-refractivity contribution in [3.05, 3.63) is 29.3 Å². The zero-order valence-corrected chi connectivity index (χ0v) is 13.2. The summed E-state index contributed by atoms with van der Waals surface area (Å²) in [5, 5.41) is 3.44. The molecule has 1 atom stereocenters. The first-order chi connectivity index (χ1) is 10.2. The fourth-order valence-electron chi connectivity index (χ4n) is 2.45. The second-order valence-electron chi connectivity index (χ2n) is 5.38. The van der Waals surface area contributed by atoms with Gasteiger partial charge in [-0.1, -0.05) is 30.2 Å². The quantitative estimate of drug-likeness (QED) is 0.878. The number of carbonyl (C=O) groups is 1. The highest BCUT2D eigenvalue weighted by atomic mass is 35.5. The zero-order valence-electron chi connectivity index (χ0n) is 12.5. The number of carbonyl (C=O) groups excluding carboxylic acids is 1. The minimum Gasteiger partial charge on any atom is -0.479 e. The third-order valence-corrected chi connectivity index (χ3v) is 4.00. The van der Waals surface area contributed by atoms with Crippen LogP contribution in [-0.2, 0) is 4.79 Å². The normalized spacial score (nSPS) is 17.2. The van der Waals surface area contributed by atoms with Gasteiger partial charge in [0, 0.05) is 13.1 Å². The molecule has 4 nitrogen and oxygen atoms in total. The van der Waals surface area contributed by atoms with E-state index in [2.05, 4.69) is 10.2 Å². The maximum absolute atomic E-state index is 12.0. The summed E-state index contributed by atoms with van der Waals surface area (Å²) < 4.78 is 5.59. The van der Waals surface area contributed by atoms with Crippen molar-refractivity contribution in [2.45, 2.75) is 32.3 Å². The molecule has 0 saturated carbocycles. The summed E-state index contributed by atoms with van der Waals surface area (Å²) in [5.74, 6) is 0.435. The van der Waals surface area contributed by atoms with Crippen LogP contribution in [0.3, 0.4) is 0 Å². The van der Waals surface area contributed by atoms with Crippen LogP contribution in [-0.4, -0.2) is 43.1 Å². The third-order valence-electron chi connectivity index (χ3n) is 3.69. The lowest BCUT2D eigenvalue weighted by Gasteiger charge is -2.26. The lowest BCUT2D eigenvalue weighted by atomic mass is 10.1. The number of para-hydroxylation sites is 1. The molecule has 1 N–H and O–H groups in total. The van der Waals surface area contributed by atoms with Crippen LogP contribution < -0.4 is 10.1 Å². The number of hydrogen-bond donors (Lipinski definition) is 1. The summed E-state index contributed by atoms with van der Waals surface area (Å²) in [6.07, 6.45) is 3.30. The number of likely N-dealkylation sites (tertiary alicyclic amines) is 1. The topological polar surface area (TPSA) is 41.6 Å². The van der Waals surface area contributed by atoms with Crippen LogP contribution in [0.4, 0.5) is 0 Å². The number of hydrogen-bond acceptors (Lipinski definition) is 3. The van der Waals surface area contributed by atoms with E-state index in [0.717, 1.165) is 19.6 Å². The number of ether oxygens (including phenoxy) is 1. The van der Waals surface area contributed by atoms with Crippen molar-refractivity contribution in [3.63, 3.8) is 0 Å². The van der Waals surface area contributed by atoms with Gasteiger partial charge in [0.15, 0.2) is 6.10 Å². The van der Waals surface area contributed by atoms with Gasteiger partial charge in [-0.05, 0) is 45.0 Å². The second kappa shape index (κ2) is 8.25. The Morgan fingerprint density at radius 3 is 2.76 bits per heavy atom. The number of halogens is 1. The van der Waals surface area contributed by atoms with E-state index < -0.39 is 6.10 Å². The van der Waals surface area contributed by atoms with Crippen LogP contribution in [0.25, 0.3) is 0 Å². The molecule has 1 aliphatic heterocycles. The molecule has 1 aromatic rings. The van der Waals surface area contributed by atoms with E-state index in [1.165, 1.54) is 19.3 Å². The highest BCUT2D eigenvalue weighted by Crippen LogP contribution is 2.24. The fraction of sp³-hybridized carbons (Fsp3) is 0.562. The molecule has 2 rings (SSSR count). The first kappa shape index (κ1) is 16.1. The summed E-state index contributed by atoms with van der Waals surface area (Å²) in [5.41, 5.74) is 0. The summed E-state index contributed by atoms with van der Waals surface area (Å²) in [7, 11) is 0. The second-order valence-corrected chi connectivity index (χ2v) is 5.79. The molecular weight excluding hydrogens is 288 g/mol.